The van der Waals surface area contributed by atoms with Gasteiger partial charge in [0.25, 0.3) is 0 Å². The Bertz CT molecular complexity index is 899. The highest BCUT2D eigenvalue weighted by Gasteiger charge is 2.44. The van der Waals surface area contributed by atoms with Crippen molar-refractivity contribution in [3.63, 3.8) is 0 Å². The molecule has 1 saturated heterocycles. The normalized spacial score (nSPS) is 21.7. The quantitative estimate of drug-likeness (QED) is 0.315. The van der Waals surface area contributed by atoms with Gasteiger partial charge in [-0.3, -0.25) is 9.59 Å². The van der Waals surface area contributed by atoms with Gasteiger partial charge in [0, 0.05) is 30.2 Å². The molecular weight excluding hydrogens is 446 g/mol. The highest BCUT2D eigenvalue weighted by Crippen LogP contribution is 2.28. The number of para-hydroxylation sites is 1. The van der Waals surface area contributed by atoms with Crippen LogP contribution in [0.25, 0.3) is 10.9 Å². The Labute approximate surface area is 193 Å². The van der Waals surface area contributed by atoms with Crippen molar-refractivity contribution in [3.05, 3.63) is 36.0 Å². The Kier molecular flexibility index (Phi) is 9.81. The van der Waals surface area contributed by atoms with Crippen molar-refractivity contribution in [3.8, 4) is 0 Å². The number of hydrogen-bond donors (Lipinski definition) is 6. The molecule has 9 nitrogen and oxygen atoms in total. The maximum atomic E-state index is 13.0. The summed E-state index contributed by atoms with van der Waals surface area (Å²) < 4.78 is 0. The maximum Gasteiger partial charge on any atom is 0.451 e. The number of carboxylic acid groups (broad SMARTS) is 1. The highest BCUT2D eigenvalue weighted by atomic mass is 35.5. The second-order valence-corrected chi connectivity index (χ2v) is 7.98. The Morgan fingerprint density at radius 1 is 1.29 bits per heavy atom. The number of likely N-dealkylation sites (tertiary alicyclic amines) is 1. The molecule has 1 aliphatic rings. The zero-order chi connectivity index (χ0) is 21.2. The molecule has 31 heavy (non-hydrogen) atoms. The van der Waals surface area contributed by atoms with Gasteiger partial charge in [0.05, 0.1) is 6.04 Å². The lowest BCUT2D eigenvalue weighted by molar-refractivity contribution is -0.149. The predicted molar refractivity (Wildman–Crippen MR) is 123 cm³/mol. The third-order valence-corrected chi connectivity index (χ3v) is 5.61. The first-order chi connectivity index (χ1) is 13.7. The molecule has 1 aromatic carbocycles. The number of halogens is 2. The van der Waals surface area contributed by atoms with E-state index in [0.717, 1.165) is 16.5 Å². The summed E-state index contributed by atoms with van der Waals surface area (Å²) in [6.07, 6.45) is 2.74. The van der Waals surface area contributed by atoms with E-state index >= 15 is 0 Å². The topological polar surface area (TPSA) is 166 Å². The molecule has 2 aromatic rings. The Morgan fingerprint density at radius 3 is 2.61 bits per heavy atom. The van der Waals surface area contributed by atoms with Crippen LogP contribution in [-0.2, 0) is 16.0 Å². The Hall–Kier alpha value is -1.82. The van der Waals surface area contributed by atoms with Crippen molar-refractivity contribution in [1.29, 1.82) is 0 Å². The monoisotopic (exact) mass is 474 g/mol. The van der Waals surface area contributed by atoms with Crippen molar-refractivity contribution >= 4 is 54.7 Å². The van der Waals surface area contributed by atoms with Gasteiger partial charge in [-0.2, -0.15) is 0 Å². The molecule has 1 fully saturated rings. The van der Waals surface area contributed by atoms with E-state index in [0.29, 0.717) is 19.4 Å². The number of rotatable bonds is 7. The van der Waals surface area contributed by atoms with Crippen molar-refractivity contribution in [2.75, 3.05) is 13.1 Å². The summed E-state index contributed by atoms with van der Waals surface area (Å²) in [4.78, 5) is 29.3. The van der Waals surface area contributed by atoms with E-state index in [1.54, 1.807) is 0 Å². The molecule has 2 heterocycles. The maximum absolute atomic E-state index is 13.0. The number of carboxylic acids is 1. The molecule has 3 atom stereocenters. The van der Waals surface area contributed by atoms with Crippen LogP contribution in [0, 0.1) is 5.92 Å². The van der Waals surface area contributed by atoms with Crippen LogP contribution in [-0.4, -0.2) is 68.7 Å². The first kappa shape index (κ1) is 27.2. The van der Waals surface area contributed by atoms with E-state index in [4.69, 9.17) is 21.5 Å². The van der Waals surface area contributed by atoms with Gasteiger partial charge in [0.15, 0.2) is 0 Å². The Balaban J connectivity index is 0.00000240. The summed E-state index contributed by atoms with van der Waals surface area (Å²) in [6, 6.07) is 6.87. The number of carbonyl (C=O) groups excluding carboxylic acids is 1. The van der Waals surface area contributed by atoms with E-state index in [-0.39, 0.29) is 55.9 Å². The second-order valence-electron chi connectivity index (χ2n) is 7.98. The van der Waals surface area contributed by atoms with Crippen LogP contribution >= 0.6 is 24.8 Å². The summed E-state index contributed by atoms with van der Waals surface area (Å²) in [5, 5.41) is 28.8. The lowest BCUT2D eigenvalue weighted by Crippen LogP contribution is -2.64. The van der Waals surface area contributed by atoms with Crippen LogP contribution < -0.4 is 11.5 Å². The van der Waals surface area contributed by atoms with Crippen LogP contribution in [0.5, 0.6) is 0 Å². The third-order valence-electron chi connectivity index (χ3n) is 5.61. The lowest BCUT2D eigenvalue weighted by atomic mass is 9.75. The van der Waals surface area contributed by atoms with Crippen LogP contribution in [0.4, 0.5) is 0 Å². The SMILES string of the molecule is Cl.Cl.N[C@@H](Cc1c[nH]c2ccccc12)C(=O)N1C[C@@H](CCB(O)O)C[C@](N)(C(=O)O)C1. The van der Waals surface area contributed by atoms with Crippen molar-refractivity contribution in [2.45, 2.75) is 37.2 Å². The lowest BCUT2D eigenvalue weighted by Gasteiger charge is -2.42. The van der Waals surface area contributed by atoms with Gasteiger partial charge in [0.2, 0.25) is 5.91 Å². The molecule has 1 aliphatic heterocycles. The van der Waals surface area contributed by atoms with E-state index in [2.05, 4.69) is 4.98 Å². The van der Waals surface area contributed by atoms with Gasteiger partial charge in [-0.15, -0.1) is 24.8 Å². The van der Waals surface area contributed by atoms with E-state index in [1.807, 2.05) is 30.5 Å². The molecule has 3 rings (SSSR count). The molecule has 172 valence electrons. The summed E-state index contributed by atoms with van der Waals surface area (Å²) in [6.45, 7) is 0.167. The minimum Gasteiger partial charge on any atom is -0.480 e. The number of nitrogens with zero attached hydrogens (tertiary/aromatic N) is 1. The summed E-state index contributed by atoms with van der Waals surface area (Å²) in [7, 11) is -1.48. The molecule has 8 N–H and O–H groups in total. The summed E-state index contributed by atoms with van der Waals surface area (Å²) in [5.74, 6) is -1.80. The molecule has 0 radical (unpaired) electrons. The van der Waals surface area contributed by atoms with Gasteiger partial charge < -0.3 is 36.5 Å². The first-order valence-electron chi connectivity index (χ1n) is 9.67. The zero-order valence-corrected chi connectivity index (χ0v) is 18.6. The molecule has 0 saturated carbocycles. The number of aromatic nitrogens is 1. The predicted octanol–water partition coefficient (Wildman–Crippen LogP) is 0.375. The second kappa shape index (κ2) is 11.2. The molecule has 0 aliphatic carbocycles. The van der Waals surface area contributed by atoms with Crippen molar-refractivity contribution < 1.29 is 24.7 Å². The largest absolute Gasteiger partial charge is 0.480 e. The number of H-pyrrole nitrogens is 1. The molecule has 1 amide bonds. The van der Waals surface area contributed by atoms with Crippen molar-refractivity contribution in [2.24, 2.45) is 17.4 Å². The number of nitrogens with one attached hydrogen (secondary N) is 1. The third kappa shape index (κ3) is 6.35. The zero-order valence-electron chi connectivity index (χ0n) is 16.9. The fourth-order valence-electron chi connectivity index (χ4n) is 4.12. The van der Waals surface area contributed by atoms with Gasteiger partial charge in [-0.25, -0.2) is 0 Å². The van der Waals surface area contributed by atoms with Crippen LogP contribution in [0.15, 0.2) is 30.5 Å². The van der Waals surface area contributed by atoms with E-state index in [1.165, 1.54) is 4.90 Å². The number of piperidine rings is 1. The minimum atomic E-state index is -1.58. The van der Waals surface area contributed by atoms with Crippen LogP contribution in [0.3, 0.4) is 0 Å². The van der Waals surface area contributed by atoms with Gasteiger partial charge in [-0.05, 0) is 36.7 Å². The van der Waals surface area contributed by atoms with E-state index in [9.17, 15) is 14.7 Å². The summed E-state index contributed by atoms with van der Waals surface area (Å²) in [5.41, 5.74) is 12.5. The number of carbonyl (C=O) groups is 2. The number of amides is 1. The fourth-order valence-corrected chi connectivity index (χ4v) is 4.12. The number of fused-ring (bicyclic) bond motifs is 1. The first-order valence-corrected chi connectivity index (χ1v) is 9.67. The number of benzene rings is 1. The molecule has 12 heteroatoms. The average Bonchev–Trinajstić information content (AvgIpc) is 3.08. The molecule has 0 bridgehead atoms. The van der Waals surface area contributed by atoms with Gasteiger partial charge in [0.1, 0.15) is 5.54 Å². The number of hydrogen-bond acceptors (Lipinski definition) is 6. The molecular formula is C19H29BCl2N4O5. The van der Waals surface area contributed by atoms with Gasteiger partial charge >= 0.3 is 13.1 Å². The smallest absolute Gasteiger partial charge is 0.451 e. The van der Waals surface area contributed by atoms with E-state index < -0.39 is 24.7 Å². The standard InChI is InChI=1S/C19H27BN4O5.2ClH/c21-15(7-13-9-23-16-4-2-1-3-14(13)16)17(25)24-10-12(5-6-20(28)29)8-19(22,11-24)18(26)27;;/h1-4,9,12,15,23,28-29H,5-8,10-11,21-22H2,(H,26,27);2*1H/t12-,15-,19+;;/m0../s1. The number of nitrogens with two attached hydrogens (primary N) is 2. The molecule has 0 spiro atoms. The molecule has 0 unspecified atom stereocenters. The van der Waals surface area contributed by atoms with Gasteiger partial charge in [-0.1, -0.05) is 24.6 Å². The molecule has 1 aromatic heterocycles. The number of aliphatic carboxylic acids is 1. The average molecular weight is 475 g/mol. The van der Waals surface area contributed by atoms with Crippen molar-refractivity contribution in [1.82, 2.24) is 9.88 Å². The Morgan fingerprint density at radius 2 is 1.97 bits per heavy atom. The number of aromatic amines is 1. The van der Waals surface area contributed by atoms with Crippen LogP contribution in [0.1, 0.15) is 18.4 Å². The van der Waals surface area contributed by atoms with Crippen LogP contribution in [0.2, 0.25) is 6.32 Å². The fraction of sp³-hybridized carbons (Fsp3) is 0.474. The minimum absolute atomic E-state index is 0. The highest BCUT2D eigenvalue weighted by molar-refractivity contribution is 6.40. The summed E-state index contributed by atoms with van der Waals surface area (Å²) >= 11 is 0.